The third-order valence-electron chi connectivity index (χ3n) is 4.09. The van der Waals surface area contributed by atoms with E-state index in [9.17, 15) is 9.59 Å². The molecule has 0 spiro atoms. The van der Waals surface area contributed by atoms with Gasteiger partial charge in [-0.15, -0.1) is 10.2 Å². The summed E-state index contributed by atoms with van der Waals surface area (Å²) in [6.07, 6.45) is 0.437. The molecule has 0 aliphatic heterocycles. The number of amides is 1. The van der Waals surface area contributed by atoms with Crippen LogP contribution in [0.1, 0.15) is 36.7 Å². The largest absolute Gasteiger partial charge is 0.462 e. The van der Waals surface area contributed by atoms with E-state index in [4.69, 9.17) is 15.7 Å². The van der Waals surface area contributed by atoms with Crippen molar-refractivity contribution in [3.63, 3.8) is 0 Å². The summed E-state index contributed by atoms with van der Waals surface area (Å²) in [4.78, 5) is 29.3. The molecular weight excluding hydrogens is 426 g/mol. The lowest BCUT2D eigenvalue weighted by molar-refractivity contribution is -0.119. The molecule has 0 fully saturated rings. The zero-order chi connectivity index (χ0) is 21.7. The Hall–Kier alpha value is -3.17. The van der Waals surface area contributed by atoms with Crippen LogP contribution < -0.4 is 11.1 Å². The van der Waals surface area contributed by atoms with Gasteiger partial charge in [-0.2, -0.15) is 5.26 Å². The van der Waals surface area contributed by atoms with E-state index in [1.165, 1.54) is 15.9 Å². The fourth-order valence-corrected chi connectivity index (χ4v) is 4.33. The second-order valence-corrected chi connectivity index (χ2v) is 7.97. The molecular formula is C18H19N7O3S2. The SMILES string of the molecule is CCOC(=O)c1ccc2nc(NC(=O)C(CC)n3c(N)nnc3SCC#N)sc2c1. The minimum atomic E-state index is -0.664. The Balaban J connectivity index is 1.82. The van der Waals surface area contributed by atoms with E-state index in [0.29, 0.717) is 34.4 Å². The van der Waals surface area contributed by atoms with Gasteiger partial charge in [0.15, 0.2) is 10.3 Å². The summed E-state index contributed by atoms with van der Waals surface area (Å²) in [5.74, 6) is -0.472. The number of thioether (sulfide) groups is 1. The summed E-state index contributed by atoms with van der Waals surface area (Å²) in [6.45, 7) is 3.88. The lowest BCUT2D eigenvalue weighted by Crippen LogP contribution is -2.27. The number of hydrogen-bond acceptors (Lipinski definition) is 10. The Kier molecular flexibility index (Phi) is 6.86. The number of esters is 1. The van der Waals surface area contributed by atoms with Crippen molar-refractivity contribution in [3.05, 3.63) is 23.8 Å². The van der Waals surface area contributed by atoms with Crippen molar-refractivity contribution in [2.75, 3.05) is 23.4 Å². The molecule has 10 nitrogen and oxygen atoms in total. The number of nitriles is 1. The summed E-state index contributed by atoms with van der Waals surface area (Å²) in [5.41, 5.74) is 6.99. The molecule has 0 aliphatic rings. The molecule has 1 aromatic carbocycles. The molecule has 1 unspecified atom stereocenters. The number of nitrogen functional groups attached to an aromatic ring is 1. The molecule has 156 valence electrons. The van der Waals surface area contributed by atoms with E-state index >= 15 is 0 Å². The normalized spacial score (nSPS) is 11.8. The van der Waals surface area contributed by atoms with E-state index in [2.05, 4.69) is 20.5 Å². The molecule has 3 aromatic rings. The van der Waals surface area contributed by atoms with Crippen LogP contribution in [-0.2, 0) is 9.53 Å². The second kappa shape index (κ2) is 9.55. The van der Waals surface area contributed by atoms with Crippen LogP contribution in [-0.4, -0.2) is 44.0 Å². The maximum Gasteiger partial charge on any atom is 0.338 e. The zero-order valence-electron chi connectivity index (χ0n) is 16.3. The summed E-state index contributed by atoms with van der Waals surface area (Å²) >= 11 is 2.41. The highest BCUT2D eigenvalue weighted by molar-refractivity contribution is 7.99. The quantitative estimate of drug-likeness (QED) is 0.394. The van der Waals surface area contributed by atoms with E-state index in [0.717, 1.165) is 16.5 Å². The molecule has 2 heterocycles. The van der Waals surface area contributed by atoms with Gasteiger partial charge in [-0.05, 0) is 31.5 Å². The Morgan fingerprint density at radius 3 is 2.90 bits per heavy atom. The number of fused-ring (bicyclic) bond motifs is 1. The van der Waals surface area contributed by atoms with E-state index in [1.54, 1.807) is 25.1 Å². The van der Waals surface area contributed by atoms with E-state index < -0.39 is 12.0 Å². The smallest absolute Gasteiger partial charge is 0.338 e. The van der Waals surface area contributed by atoms with Crippen molar-refractivity contribution in [1.82, 2.24) is 19.7 Å². The van der Waals surface area contributed by atoms with Crippen molar-refractivity contribution in [3.8, 4) is 6.07 Å². The van der Waals surface area contributed by atoms with Gasteiger partial charge in [-0.1, -0.05) is 30.0 Å². The zero-order valence-corrected chi connectivity index (χ0v) is 17.9. The number of rotatable bonds is 8. The average molecular weight is 446 g/mol. The predicted octanol–water partition coefficient (Wildman–Crippen LogP) is 2.85. The molecule has 0 radical (unpaired) electrons. The molecule has 3 rings (SSSR count). The van der Waals surface area contributed by atoms with Gasteiger partial charge in [0.05, 0.1) is 34.2 Å². The first kappa shape index (κ1) is 21.5. The Morgan fingerprint density at radius 1 is 1.40 bits per heavy atom. The minimum absolute atomic E-state index is 0.0980. The third-order valence-corrected chi connectivity index (χ3v) is 5.83. The Morgan fingerprint density at radius 2 is 2.20 bits per heavy atom. The highest BCUT2D eigenvalue weighted by Crippen LogP contribution is 2.30. The minimum Gasteiger partial charge on any atom is -0.462 e. The van der Waals surface area contributed by atoms with Gasteiger partial charge < -0.3 is 15.8 Å². The van der Waals surface area contributed by atoms with Crippen LogP contribution in [0.5, 0.6) is 0 Å². The van der Waals surface area contributed by atoms with Crippen molar-refractivity contribution in [2.45, 2.75) is 31.5 Å². The van der Waals surface area contributed by atoms with Gasteiger partial charge in [0.25, 0.3) is 0 Å². The molecule has 3 N–H and O–H groups in total. The van der Waals surface area contributed by atoms with Crippen LogP contribution in [0.25, 0.3) is 10.2 Å². The Bertz CT molecular complexity index is 1120. The summed E-state index contributed by atoms with van der Waals surface area (Å²) in [7, 11) is 0. The fraction of sp³-hybridized carbons (Fsp3) is 0.333. The van der Waals surface area contributed by atoms with Gasteiger partial charge in [0.2, 0.25) is 11.9 Å². The van der Waals surface area contributed by atoms with Crippen LogP contribution in [0.4, 0.5) is 11.1 Å². The molecule has 0 saturated carbocycles. The first-order chi connectivity index (χ1) is 14.5. The van der Waals surface area contributed by atoms with Crippen LogP contribution in [0, 0.1) is 11.3 Å². The van der Waals surface area contributed by atoms with Gasteiger partial charge in [0.1, 0.15) is 6.04 Å². The average Bonchev–Trinajstić information content (AvgIpc) is 3.29. The highest BCUT2D eigenvalue weighted by atomic mass is 32.2. The van der Waals surface area contributed by atoms with Gasteiger partial charge in [0, 0.05) is 0 Å². The van der Waals surface area contributed by atoms with Crippen LogP contribution in [0.3, 0.4) is 0 Å². The number of carbonyl (C=O) groups excluding carboxylic acids is 2. The maximum atomic E-state index is 12.9. The van der Waals surface area contributed by atoms with Gasteiger partial charge >= 0.3 is 5.97 Å². The first-order valence-electron chi connectivity index (χ1n) is 9.07. The first-order valence-corrected chi connectivity index (χ1v) is 10.9. The summed E-state index contributed by atoms with van der Waals surface area (Å²) in [6, 6.07) is 6.38. The number of nitrogens with one attached hydrogen (secondary N) is 1. The van der Waals surface area contributed by atoms with Crippen LogP contribution in [0.15, 0.2) is 23.4 Å². The molecule has 2 aromatic heterocycles. The summed E-state index contributed by atoms with van der Waals surface area (Å²) in [5, 5.41) is 20.2. The standard InChI is InChI=1S/C18H19N7O3S2/c1-3-12(25-16(20)23-24-18(25)29-8-7-19)14(26)22-17-21-11-6-5-10(9-13(11)30-17)15(27)28-4-2/h5-6,9,12H,3-4,8H2,1-2H3,(H2,20,23)(H,21,22,26). The predicted molar refractivity (Wildman–Crippen MR) is 114 cm³/mol. The number of nitrogens with zero attached hydrogens (tertiary/aromatic N) is 5. The topological polar surface area (TPSA) is 149 Å². The molecule has 0 saturated heterocycles. The number of ether oxygens (including phenoxy) is 1. The van der Waals surface area contributed by atoms with Gasteiger partial charge in [-0.25, -0.2) is 9.78 Å². The molecule has 0 bridgehead atoms. The number of aromatic nitrogens is 4. The number of anilines is 2. The van der Waals surface area contributed by atoms with Crippen molar-refractivity contribution in [1.29, 1.82) is 5.26 Å². The highest BCUT2D eigenvalue weighted by Gasteiger charge is 2.25. The molecule has 1 amide bonds. The molecule has 0 aliphatic carbocycles. The lowest BCUT2D eigenvalue weighted by atomic mass is 10.2. The van der Waals surface area contributed by atoms with E-state index in [1.807, 2.05) is 13.0 Å². The van der Waals surface area contributed by atoms with Crippen LogP contribution >= 0.6 is 23.1 Å². The van der Waals surface area contributed by atoms with E-state index in [-0.39, 0.29) is 17.6 Å². The number of hydrogen-bond donors (Lipinski definition) is 2. The van der Waals surface area contributed by atoms with Crippen molar-refractivity contribution in [2.24, 2.45) is 0 Å². The van der Waals surface area contributed by atoms with Crippen LogP contribution in [0.2, 0.25) is 0 Å². The van der Waals surface area contributed by atoms with Crippen molar-refractivity contribution < 1.29 is 14.3 Å². The molecule has 30 heavy (non-hydrogen) atoms. The lowest BCUT2D eigenvalue weighted by Gasteiger charge is -2.17. The monoisotopic (exact) mass is 445 g/mol. The maximum absolute atomic E-state index is 12.9. The Labute approximate surface area is 180 Å². The van der Waals surface area contributed by atoms with Gasteiger partial charge in [-0.3, -0.25) is 9.36 Å². The number of carbonyl (C=O) groups is 2. The number of benzene rings is 1. The number of nitrogens with two attached hydrogens (primary N) is 1. The molecule has 12 heteroatoms. The van der Waals surface area contributed by atoms with Crippen molar-refractivity contribution >= 4 is 56.3 Å². The molecule has 1 atom stereocenters. The fourth-order valence-electron chi connectivity index (χ4n) is 2.77. The third kappa shape index (κ3) is 4.52. The number of thiazole rings is 1. The second-order valence-electron chi connectivity index (χ2n) is 5.99. The summed E-state index contributed by atoms with van der Waals surface area (Å²) < 4.78 is 7.28.